The number of hydrogen-bond acceptors (Lipinski definition) is 7. The molecule has 0 aliphatic heterocycles. The van der Waals surface area contributed by atoms with Gasteiger partial charge in [0.25, 0.3) is 5.91 Å². The summed E-state index contributed by atoms with van der Waals surface area (Å²) >= 11 is 0. The fraction of sp³-hybridized carbons (Fsp3) is 0.410. The number of H-pyrrole nitrogens is 1. The molecule has 6 atom stereocenters. The lowest BCUT2D eigenvalue weighted by Gasteiger charge is -2.74. The number of nitrogens with one attached hydrogen (secondary N) is 2. The predicted molar refractivity (Wildman–Crippen MR) is 191 cm³/mol. The van der Waals surface area contributed by atoms with Crippen molar-refractivity contribution in [3.05, 3.63) is 102 Å². The van der Waals surface area contributed by atoms with Crippen molar-refractivity contribution in [1.29, 1.82) is 0 Å². The topological polar surface area (TPSA) is 151 Å². The van der Waals surface area contributed by atoms with Crippen LogP contribution in [0.2, 0.25) is 0 Å². The number of aromatic amines is 1. The van der Waals surface area contributed by atoms with Crippen molar-refractivity contribution in [1.82, 2.24) is 14.9 Å². The van der Waals surface area contributed by atoms with E-state index in [1.807, 2.05) is 69.3 Å². The highest BCUT2D eigenvalue weighted by atomic mass is 32.2. The van der Waals surface area contributed by atoms with E-state index in [-0.39, 0.29) is 22.9 Å². The molecule has 8 rings (SSSR count). The van der Waals surface area contributed by atoms with Gasteiger partial charge in [-0.05, 0) is 92.8 Å². The van der Waals surface area contributed by atoms with Crippen LogP contribution >= 0.6 is 0 Å². The predicted octanol–water partition coefficient (Wildman–Crippen LogP) is 5.97. The minimum Gasteiger partial charge on any atom is -0.496 e. The molecule has 268 valence electrons. The molecule has 0 spiro atoms. The number of rotatable bonds is 11. The molecule has 12 heteroatoms. The van der Waals surface area contributed by atoms with Crippen LogP contribution in [0.5, 0.6) is 11.5 Å². The molecule has 1 amide bonds. The highest BCUT2D eigenvalue weighted by Crippen LogP contribution is 2.74. The summed E-state index contributed by atoms with van der Waals surface area (Å²) in [5.41, 5.74) is -1.66. The molecule has 1 heterocycles. The first-order valence-corrected chi connectivity index (χ1v) is 18.8. The van der Waals surface area contributed by atoms with Crippen LogP contribution in [0.4, 0.5) is 5.69 Å². The van der Waals surface area contributed by atoms with Gasteiger partial charge >= 0.3 is 5.97 Å². The number of carboxylic acid groups (broad SMARTS) is 1. The minimum atomic E-state index is -4.17. The molecule has 4 aromatic rings. The largest absolute Gasteiger partial charge is 0.496 e. The zero-order valence-electron chi connectivity index (χ0n) is 29.4. The molecule has 0 radical (unpaired) electrons. The number of aliphatic carboxylic acids is 1. The number of carbonyl (C=O) groups excluding carboxylic acids is 1. The third-order valence-corrected chi connectivity index (χ3v) is 13.5. The Morgan fingerprint density at radius 3 is 2.20 bits per heavy atom. The number of ether oxygens (including phenoxy) is 2. The van der Waals surface area contributed by atoms with Crippen LogP contribution in [0.1, 0.15) is 61.1 Å². The Hall–Kier alpha value is -4.68. The molecule has 4 fully saturated rings. The second kappa shape index (κ2) is 12.5. The van der Waals surface area contributed by atoms with Crippen molar-refractivity contribution in [2.75, 3.05) is 19.1 Å². The Bertz CT molecular complexity index is 2030. The second-order valence-corrected chi connectivity index (χ2v) is 16.4. The van der Waals surface area contributed by atoms with E-state index < -0.39 is 56.1 Å². The first-order valence-electron chi connectivity index (χ1n) is 17.3. The normalized spacial score (nSPS) is 28.1. The monoisotopic (exact) mass is 712 g/mol. The zero-order chi connectivity index (χ0) is 36.3. The number of sulfonamides is 1. The number of para-hydroxylation sites is 1. The number of carboxylic acids is 1. The van der Waals surface area contributed by atoms with Crippen molar-refractivity contribution >= 4 is 27.6 Å². The Balaban J connectivity index is 1.57. The Kier molecular flexibility index (Phi) is 8.53. The molecular formula is C39H44N4O7S. The van der Waals surface area contributed by atoms with Gasteiger partial charge in [0, 0.05) is 28.9 Å². The van der Waals surface area contributed by atoms with Crippen molar-refractivity contribution in [2.45, 2.75) is 68.3 Å². The van der Waals surface area contributed by atoms with Crippen LogP contribution < -0.4 is 19.1 Å². The number of methoxy groups -OCH3 is 2. The summed E-state index contributed by atoms with van der Waals surface area (Å²) in [6.07, 6.45) is 2.99. The molecule has 4 saturated carbocycles. The van der Waals surface area contributed by atoms with E-state index in [2.05, 4.69) is 14.9 Å². The number of carbonyl (C=O) groups is 2. The molecule has 4 aliphatic rings. The number of nitrogens with zero attached hydrogens (tertiary/aromatic N) is 2. The van der Waals surface area contributed by atoms with Crippen LogP contribution in [0, 0.1) is 30.1 Å². The van der Waals surface area contributed by atoms with E-state index in [9.17, 15) is 23.1 Å². The number of benzene rings is 3. The molecule has 3 aromatic carbocycles. The minimum absolute atomic E-state index is 0.0644. The maximum absolute atomic E-state index is 15.0. The standard InChI is InChI=1S/C39H44N4O7S/c1-24(2)39(36(45)46)29-20-26-21-37(33-31(49-4)12-9-13-32(33)50-5,34(29)42-51(47,48)28-16-14-25(3)15-17-28)23-38(39,22-26)43(27-10-7-6-8-11-27)35(44)30-18-19-40-41-30/h6-19,24,26,29,34,42H,20-23H2,1-5H3,(H,40,41)(H,45,46). The Labute approximate surface area is 298 Å². The fourth-order valence-corrected chi connectivity index (χ4v) is 11.9. The van der Waals surface area contributed by atoms with E-state index in [1.54, 1.807) is 49.5 Å². The van der Waals surface area contributed by atoms with E-state index >= 15 is 0 Å². The zero-order valence-corrected chi connectivity index (χ0v) is 30.2. The molecular weight excluding hydrogens is 669 g/mol. The molecule has 4 aliphatic carbocycles. The summed E-state index contributed by atoms with van der Waals surface area (Å²) in [6.45, 7) is 5.64. The van der Waals surface area contributed by atoms with Gasteiger partial charge in [0.2, 0.25) is 10.0 Å². The SMILES string of the molecule is COc1cccc(OC)c1C12CC3CC(C1NS(=O)(=O)c1ccc(C)cc1)C(C(=O)O)(C(C)C)C(N(C(=O)c1ccn[nH]1)c1ccccc1)(C3)C2. The van der Waals surface area contributed by atoms with Crippen LogP contribution in [0.15, 0.2) is 90.0 Å². The molecule has 3 N–H and O–H groups in total. The van der Waals surface area contributed by atoms with Crippen LogP contribution in [0.3, 0.4) is 0 Å². The summed E-state index contributed by atoms with van der Waals surface area (Å²) in [6, 6.07) is 21.9. The average Bonchev–Trinajstić information content (AvgIpc) is 3.65. The Morgan fingerprint density at radius 2 is 1.63 bits per heavy atom. The van der Waals surface area contributed by atoms with E-state index in [0.717, 1.165) is 5.56 Å². The smallest absolute Gasteiger partial charge is 0.312 e. The second-order valence-electron chi connectivity index (χ2n) is 14.7. The van der Waals surface area contributed by atoms with Gasteiger partial charge in [0.1, 0.15) is 17.2 Å². The van der Waals surface area contributed by atoms with Crippen molar-refractivity contribution in [3.8, 4) is 11.5 Å². The van der Waals surface area contributed by atoms with Gasteiger partial charge < -0.3 is 14.6 Å². The number of aryl methyl sites for hydroxylation is 1. The lowest BCUT2D eigenvalue weighted by atomic mass is 9.33. The molecule has 1 aromatic heterocycles. The highest BCUT2D eigenvalue weighted by molar-refractivity contribution is 7.89. The van der Waals surface area contributed by atoms with E-state index in [0.29, 0.717) is 42.0 Å². The summed E-state index contributed by atoms with van der Waals surface area (Å²) in [5, 5.41) is 18.7. The lowest BCUT2D eigenvalue weighted by Crippen LogP contribution is -2.83. The van der Waals surface area contributed by atoms with Gasteiger partial charge in [-0.15, -0.1) is 0 Å². The maximum Gasteiger partial charge on any atom is 0.312 e. The summed E-state index contributed by atoms with van der Waals surface area (Å²) in [4.78, 5) is 31.2. The molecule has 11 nitrogen and oxygen atoms in total. The summed E-state index contributed by atoms with van der Waals surface area (Å²) in [5.74, 6) is -1.81. The number of anilines is 1. The third kappa shape index (κ3) is 5.01. The van der Waals surface area contributed by atoms with Crippen molar-refractivity contribution in [2.24, 2.45) is 23.2 Å². The summed E-state index contributed by atoms with van der Waals surface area (Å²) < 4.78 is 44.1. The molecule has 6 unspecified atom stereocenters. The van der Waals surface area contributed by atoms with Gasteiger partial charge in [0.15, 0.2) is 0 Å². The lowest BCUT2D eigenvalue weighted by molar-refractivity contribution is -0.203. The van der Waals surface area contributed by atoms with Crippen molar-refractivity contribution in [3.63, 3.8) is 0 Å². The Morgan fingerprint density at radius 1 is 0.961 bits per heavy atom. The molecule has 51 heavy (non-hydrogen) atoms. The van der Waals surface area contributed by atoms with Gasteiger partial charge in [0.05, 0.1) is 30.1 Å². The highest BCUT2D eigenvalue weighted by Gasteiger charge is 2.79. The first kappa shape index (κ1) is 34.8. The average molecular weight is 713 g/mol. The van der Waals surface area contributed by atoms with Gasteiger partial charge in [-0.25, -0.2) is 13.1 Å². The summed E-state index contributed by atoms with van der Waals surface area (Å²) in [7, 11) is -1.04. The van der Waals surface area contributed by atoms with Gasteiger partial charge in [-0.1, -0.05) is 55.8 Å². The number of amides is 1. The number of hydrogen-bond donors (Lipinski definition) is 3. The van der Waals surface area contributed by atoms with Crippen LogP contribution in [-0.4, -0.2) is 61.4 Å². The number of aromatic nitrogens is 2. The third-order valence-electron chi connectivity index (χ3n) is 12.0. The maximum atomic E-state index is 15.0. The van der Waals surface area contributed by atoms with Crippen LogP contribution in [0.25, 0.3) is 0 Å². The first-order chi connectivity index (χ1) is 24.4. The van der Waals surface area contributed by atoms with Gasteiger partial charge in [-0.2, -0.15) is 5.10 Å². The van der Waals surface area contributed by atoms with Crippen LogP contribution in [-0.2, 0) is 20.2 Å². The van der Waals surface area contributed by atoms with E-state index in [4.69, 9.17) is 9.47 Å². The van der Waals surface area contributed by atoms with E-state index in [1.165, 1.54) is 6.20 Å². The quantitative estimate of drug-likeness (QED) is 0.172. The fourth-order valence-electron chi connectivity index (χ4n) is 10.5. The molecule has 4 bridgehead atoms. The van der Waals surface area contributed by atoms with Gasteiger partial charge in [-0.3, -0.25) is 19.6 Å². The van der Waals surface area contributed by atoms with Crippen molar-refractivity contribution < 1.29 is 32.6 Å². The molecule has 0 saturated heterocycles.